The molecule has 0 saturated carbocycles. The summed E-state index contributed by atoms with van der Waals surface area (Å²) in [5.74, 6) is -0.501. The highest BCUT2D eigenvalue weighted by atomic mass is 35.5. The molecule has 0 unspecified atom stereocenters. The Morgan fingerprint density at radius 1 is 1.53 bits per heavy atom. The van der Waals surface area contributed by atoms with Crippen molar-refractivity contribution in [2.45, 2.75) is 27.2 Å². The molecule has 0 spiro atoms. The third-order valence-electron chi connectivity index (χ3n) is 1.52. The van der Waals surface area contributed by atoms with Crippen LogP contribution in [0.5, 0.6) is 0 Å². The summed E-state index contributed by atoms with van der Waals surface area (Å²) in [6.07, 6.45) is 1.93. The van der Waals surface area contributed by atoms with Crippen molar-refractivity contribution >= 4 is 17.6 Å². The summed E-state index contributed by atoms with van der Waals surface area (Å²) in [7, 11) is 1.30. The number of hydrogen-bond acceptors (Lipinski definition) is 4. The van der Waals surface area contributed by atoms with Crippen molar-refractivity contribution in [3.05, 3.63) is 22.7 Å². The van der Waals surface area contributed by atoms with Gasteiger partial charge in [0.1, 0.15) is 0 Å². The lowest BCUT2D eigenvalue weighted by molar-refractivity contribution is 0.0593. The summed E-state index contributed by atoms with van der Waals surface area (Å²) in [5.41, 5.74) is 0.785. The van der Waals surface area contributed by atoms with Crippen molar-refractivity contribution in [2.75, 3.05) is 7.11 Å². The number of carbonyl (C=O) groups excluding carboxylic acids is 1. The van der Waals surface area contributed by atoms with Crippen molar-refractivity contribution in [1.82, 2.24) is 9.97 Å². The van der Waals surface area contributed by atoms with Gasteiger partial charge in [-0.3, -0.25) is 0 Å². The van der Waals surface area contributed by atoms with E-state index in [1.165, 1.54) is 13.3 Å². The highest BCUT2D eigenvalue weighted by Crippen LogP contribution is 2.11. The van der Waals surface area contributed by atoms with Gasteiger partial charge in [-0.2, -0.15) is 0 Å². The summed E-state index contributed by atoms with van der Waals surface area (Å²) >= 11 is 5.72. The largest absolute Gasteiger partial charge is 0.464 e. The minimum absolute atomic E-state index is 0.184. The normalized spacial score (nSPS) is 8.87. The van der Waals surface area contributed by atoms with E-state index in [9.17, 15) is 4.79 Å². The molecule has 1 aromatic rings. The van der Waals surface area contributed by atoms with E-state index < -0.39 is 5.97 Å². The molecule has 0 fully saturated rings. The zero-order chi connectivity index (χ0) is 11.8. The number of esters is 1. The lowest BCUT2D eigenvalue weighted by Crippen LogP contribution is -2.07. The summed E-state index contributed by atoms with van der Waals surface area (Å²) in [6.45, 7) is 5.89. The number of carbonyl (C=O) groups is 1. The molecule has 0 aliphatic rings. The second kappa shape index (κ2) is 7.17. The molecule has 0 aliphatic carbocycles. The molecule has 0 N–H and O–H groups in total. The maximum absolute atomic E-state index is 11.0. The summed E-state index contributed by atoms with van der Waals surface area (Å²) in [4.78, 5) is 18.8. The van der Waals surface area contributed by atoms with Crippen molar-refractivity contribution in [3.63, 3.8) is 0 Å². The summed E-state index contributed by atoms with van der Waals surface area (Å²) in [6, 6.07) is 0. The van der Waals surface area contributed by atoms with Crippen LogP contribution in [0.3, 0.4) is 0 Å². The first-order valence-corrected chi connectivity index (χ1v) is 5.16. The van der Waals surface area contributed by atoms with Crippen LogP contribution in [-0.2, 0) is 11.2 Å². The molecule has 0 amide bonds. The van der Waals surface area contributed by atoms with Gasteiger partial charge in [0.05, 0.1) is 19.0 Å². The first-order chi connectivity index (χ1) is 7.19. The number of rotatable bonds is 2. The summed E-state index contributed by atoms with van der Waals surface area (Å²) < 4.78 is 4.49. The number of hydrogen-bond donors (Lipinski definition) is 0. The molecule has 15 heavy (non-hydrogen) atoms. The van der Waals surface area contributed by atoms with Crippen LogP contribution in [0.1, 0.15) is 37.0 Å². The third-order valence-corrected chi connectivity index (χ3v) is 1.84. The average molecular weight is 231 g/mol. The van der Waals surface area contributed by atoms with E-state index in [0.29, 0.717) is 17.3 Å². The van der Waals surface area contributed by atoms with Crippen molar-refractivity contribution in [1.29, 1.82) is 0 Å². The number of nitrogens with zero attached hydrogens (tertiary/aromatic N) is 2. The quantitative estimate of drug-likeness (QED) is 0.733. The van der Waals surface area contributed by atoms with E-state index in [1.807, 2.05) is 20.8 Å². The van der Waals surface area contributed by atoms with Gasteiger partial charge >= 0.3 is 5.97 Å². The van der Waals surface area contributed by atoms with Crippen LogP contribution in [0, 0.1) is 0 Å². The highest BCUT2D eigenvalue weighted by molar-refractivity contribution is 6.30. The zero-order valence-electron chi connectivity index (χ0n) is 9.37. The van der Waals surface area contributed by atoms with Gasteiger partial charge in [0, 0.05) is 0 Å². The molecule has 0 atom stereocenters. The topological polar surface area (TPSA) is 52.1 Å². The SMILES string of the molecule is CC.CCc1nc(C(=O)OC)cnc1Cl. The fraction of sp³-hybridized carbons (Fsp3) is 0.500. The van der Waals surface area contributed by atoms with Gasteiger partial charge in [0.25, 0.3) is 0 Å². The number of ether oxygens (including phenoxy) is 1. The van der Waals surface area contributed by atoms with Gasteiger partial charge in [-0.1, -0.05) is 32.4 Å². The molecular formula is C10H15ClN2O2. The molecule has 0 saturated heterocycles. The van der Waals surface area contributed by atoms with Gasteiger partial charge < -0.3 is 4.74 Å². The zero-order valence-corrected chi connectivity index (χ0v) is 10.1. The maximum Gasteiger partial charge on any atom is 0.358 e. The molecule has 1 heterocycles. The number of methoxy groups -OCH3 is 1. The van der Waals surface area contributed by atoms with Crippen LogP contribution >= 0.6 is 11.6 Å². The van der Waals surface area contributed by atoms with Gasteiger partial charge in [-0.05, 0) is 6.42 Å². The van der Waals surface area contributed by atoms with Crippen LogP contribution in [-0.4, -0.2) is 23.0 Å². The Morgan fingerprint density at radius 3 is 2.60 bits per heavy atom. The predicted octanol–water partition coefficient (Wildman–Crippen LogP) is 2.51. The summed E-state index contributed by atoms with van der Waals surface area (Å²) in [5, 5.41) is 0.329. The minimum atomic E-state index is -0.501. The van der Waals surface area contributed by atoms with E-state index in [0.717, 1.165) is 0 Å². The van der Waals surface area contributed by atoms with Gasteiger partial charge in [0.2, 0.25) is 0 Å². The molecule has 84 valence electrons. The molecule has 0 bridgehead atoms. The standard InChI is InChI=1S/C8H9ClN2O2.C2H6/c1-3-5-7(9)10-4-6(11-5)8(12)13-2;1-2/h4H,3H2,1-2H3;1-2H3. The van der Waals surface area contributed by atoms with E-state index in [-0.39, 0.29) is 5.69 Å². The van der Waals surface area contributed by atoms with Crippen LogP contribution in [0.25, 0.3) is 0 Å². The molecule has 1 rings (SSSR count). The minimum Gasteiger partial charge on any atom is -0.464 e. The Balaban J connectivity index is 0.000000921. The monoisotopic (exact) mass is 230 g/mol. The molecule has 5 heteroatoms. The molecular weight excluding hydrogens is 216 g/mol. The maximum atomic E-state index is 11.0. The van der Waals surface area contributed by atoms with Crippen LogP contribution in [0.4, 0.5) is 0 Å². The third kappa shape index (κ3) is 3.83. The van der Waals surface area contributed by atoms with E-state index >= 15 is 0 Å². The lowest BCUT2D eigenvalue weighted by atomic mass is 10.3. The van der Waals surface area contributed by atoms with E-state index in [4.69, 9.17) is 11.6 Å². The Labute approximate surface area is 94.6 Å². The van der Waals surface area contributed by atoms with Crippen LogP contribution < -0.4 is 0 Å². The molecule has 0 aromatic carbocycles. The first kappa shape index (κ1) is 13.8. The average Bonchev–Trinajstić information content (AvgIpc) is 2.31. The van der Waals surface area contributed by atoms with Crippen molar-refractivity contribution in [2.24, 2.45) is 0 Å². The highest BCUT2D eigenvalue weighted by Gasteiger charge is 2.10. The van der Waals surface area contributed by atoms with Crippen molar-refractivity contribution in [3.8, 4) is 0 Å². The fourth-order valence-electron chi connectivity index (χ4n) is 0.841. The smallest absolute Gasteiger partial charge is 0.358 e. The fourth-order valence-corrected chi connectivity index (χ4v) is 1.07. The molecule has 0 radical (unpaired) electrons. The van der Waals surface area contributed by atoms with Gasteiger partial charge in [-0.25, -0.2) is 14.8 Å². The van der Waals surface area contributed by atoms with Crippen LogP contribution in [0.2, 0.25) is 5.15 Å². The molecule has 4 nitrogen and oxygen atoms in total. The van der Waals surface area contributed by atoms with Crippen LogP contribution in [0.15, 0.2) is 6.20 Å². The first-order valence-electron chi connectivity index (χ1n) is 4.78. The Bertz CT molecular complexity index is 329. The van der Waals surface area contributed by atoms with E-state index in [2.05, 4.69) is 14.7 Å². The van der Waals surface area contributed by atoms with Crippen molar-refractivity contribution < 1.29 is 9.53 Å². The lowest BCUT2D eigenvalue weighted by Gasteiger charge is -2.01. The second-order valence-corrected chi connectivity index (χ2v) is 2.70. The van der Waals surface area contributed by atoms with Gasteiger partial charge in [0.15, 0.2) is 10.8 Å². The predicted molar refractivity (Wildman–Crippen MR) is 59.1 cm³/mol. The Kier molecular flexibility index (Phi) is 6.62. The Hall–Kier alpha value is -1.16. The molecule has 1 aromatic heterocycles. The number of halogens is 1. The molecule has 0 aliphatic heterocycles. The second-order valence-electron chi connectivity index (χ2n) is 2.34. The number of aromatic nitrogens is 2. The van der Waals surface area contributed by atoms with Gasteiger partial charge in [-0.15, -0.1) is 0 Å². The van der Waals surface area contributed by atoms with E-state index in [1.54, 1.807) is 0 Å². The Morgan fingerprint density at radius 2 is 2.13 bits per heavy atom. The number of aryl methyl sites for hydroxylation is 1.